The molecule has 3 rings (SSSR count). The zero-order chi connectivity index (χ0) is 22.6. The van der Waals surface area contributed by atoms with Crippen molar-refractivity contribution in [1.82, 2.24) is 4.90 Å². The van der Waals surface area contributed by atoms with Crippen molar-refractivity contribution in [3.05, 3.63) is 59.9 Å². The maximum Gasteiger partial charge on any atom is 0.284 e. The summed E-state index contributed by atoms with van der Waals surface area (Å²) < 4.78 is 42.3. The lowest BCUT2D eigenvalue weighted by Gasteiger charge is -2.13. The lowest BCUT2D eigenvalue weighted by molar-refractivity contribution is -0.128. The Labute approximate surface area is 184 Å². The minimum absolute atomic E-state index is 0.0406. The molecular weight excluding hydrogens is 441 g/mol. The van der Waals surface area contributed by atoms with Crippen molar-refractivity contribution in [3.63, 3.8) is 0 Å². The van der Waals surface area contributed by atoms with E-state index in [-0.39, 0.29) is 28.9 Å². The van der Waals surface area contributed by atoms with Crippen LogP contribution >= 0.6 is 11.8 Å². The van der Waals surface area contributed by atoms with Crippen LogP contribution in [0.5, 0.6) is 0 Å². The molecular formula is C21H22FN3O4S2. The molecule has 1 atom stereocenters. The van der Waals surface area contributed by atoms with Gasteiger partial charge in [-0.3, -0.25) is 14.5 Å². The largest absolute Gasteiger partial charge is 0.326 e. The second kappa shape index (κ2) is 9.61. The van der Waals surface area contributed by atoms with Crippen molar-refractivity contribution < 1.29 is 22.4 Å². The first-order valence-electron chi connectivity index (χ1n) is 9.71. The van der Waals surface area contributed by atoms with E-state index in [1.165, 1.54) is 41.3 Å². The Bertz CT molecular complexity index is 1100. The van der Waals surface area contributed by atoms with Gasteiger partial charge in [0.2, 0.25) is 11.8 Å². The van der Waals surface area contributed by atoms with Crippen LogP contribution in [0.4, 0.5) is 10.1 Å². The third kappa shape index (κ3) is 5.50. The molecule has 1 aliphatic heterocycles. The summed E-state index contributed by atoms with van der Waals surface area (Å²) >= 11 is 0.948. The SMILES string of the molecule is CCc1ccc(S(=O)(=O)N=C2SC(CC(=O)Nc3ccc(F)cc3)C(=O)N2CC)cc1. The summed E-state index contributed by atoms with van der Waals surface area (Å²) in [5.74, 6) is -1.24. The molecule has 0 bridgehead atoms. The average molecular weight is 464 g/mol. The summed E-state index contributed by atoms with van der Waals surface area (Å²) in [6, 6.07) is 11.7. The lowest BCUT2D eigenvalue weighted by atomic mass is 10.2. The van der Waals surface area contributed by atoms with Crippen LogP contribution in [0.15, 0.2) is 57.8 Å². The Morgan fingerprint density at radius 3 is 2.35 bits per heavy atom. The fourth-order valence-corrected chi connectivity index (χ4v) is 5.39. The van der Waals surface area contributed by atoms with Crippen molar-refractivity contribution in [2.45, 2.75) is 36.8 Å². The second-order valence-corrected chi connectivity index (χ2v) is 9.57. The molecule has 0 saturated carbocycles. The van der Waals surface area contributed by atoms with Gasteiger partial charge in [-0.2, -0.15) is 8.42 Å². The molecule has 1 heterocycles. The first kappa shape index (κ1) is 23.0. The van der Waals surface area contributed by atoms with E-state index in [1.54, 1.807) is 19.1 Å². The Morgan fingerprint density at radius 2 is 1.77 bits per heavy atom. The normalized spacial score (nSPS) is 17.9. The van der Waals surface area contributed by atoms with Gasteiger partial charge in [0.05, 0.1) is 4.90 Å². The number of amidine groups is 1. The highest BCUT2D eigenvalue weighted by Crippen LogP contribution is 2.31. The van der Waals surface area contributed by atoms with Crippen LogP contribution in [0.3, 0.4) is 0 Å². The molecule has 0 aromatic heterocycles. The lowest BCUT2D eigenvalue weighted by Crippen LogP contribution is -2.33. The van der Waals surface area contributed by atoms with E-state index in [4.69, 9.17) is 0 Å². The molecule has 2 aromatic carbocycles. The number of anilines is 1. The number of thioether (sulfide) groups is 1. The smallest absolute Gasteiger partial charge is 0.284 e. The predicted octanol–water partition coefficient (Wildman–Crippen LogP) is 3.43. The zero-order valence-electron chi connectivity index (χ0n) is 17.0. The molecule has 1 aliphatic rings. The van der Waals surface area contributed by atoms with Gasteiger partial charge in [-0.25, -0.2) is 4.39 Å². The monoisotopic (exact) mass is 463 g/mol. The Balaban J connectivity index is 1.75. The van der Waals surface area contributed by atoms with Crippen LogP contribution in [0.1, 0.15) is 25.8 Å². The first-order valence-corrected chi connectivity index (χ1v) is 12.0. The van der Waals surface area contributed by atoms with Crippen LogP contribution in [-0.2, 0) is 26.0 Å². The molecule has 164 valence electrons. The van der Waals surface area contributed by atoms with Gasteiger partial charge in [0, 0.05) is 18.7 Å². The van der Waals surface area contributed by atoms with E-state index in [2.05, 4.69) is 9.71 Å². The minimum atomic E-state index is -4.00. The maximum atomic E-state index is 13.0. The topological polar surface area (TPSA) is 95.9 Å². The number of nitrogens with zero attached hydrogens (tertiary/aromatic N) is 2. The van der Waals surface area contributed by atoms with Gasteiger partial charge in [-0.05, 0) is 55.3 Å². The number of sulfonamides is 1. The van der Waals surface area contributed by atoms with E-state index in [9.17, 15) is 22.4 Å². The maximum absolute atomic E-state index is 13.0. The van der Waals surface area contributed by atoms with E-state index in [0.717, 1.165) is 23.7 Å². The molecule has 2 aromatic rings. The van der Waals surface area contributed by atoms with Crippen molar-refractivity contribution in [2.24, 2.45) is 4.40 Å². The summed E-state index contributed by atoms with van der Waals surface area (Å²) in [7, 11) is -4.00. The number of amides is 2. The summed E-state index contributed by atoms with van der Waals surface area (Å²) in [4.78, 5) is 26.3. The number of rotatable bonds is 7. The first-order chi connectivity index (χ1) is 14.7. The van der Waals surface area contributed by atoms with E-state index < -0.39 is 27.0 Å². The number of nitrogens with one attached hydrogen (secondary N) is 1. The average Bonchev–Trinajstić information content (AvgIpc) is 3.02. The molecule has 31 heavy (non-hydrogen) atoms. The van der Waals surface area contributed by atoms with E-state index in [0.29, 0.717) is 5.69 Å². The minimum Gasteiger partial charge on any atom is -0.326 e. The highest BCUT2D eigenvalue weighted by atomic mass is 32.2. The van der Waals surface area contributed by atoms with Crippen molar-refractivity contribution in [3.8, 4) is 0 Å². The van der Waals surface area contributed by atoms with Gasteiger partial charge in [-0.1, -0.05) is 30.8 Å². The molecule has 7 nitrogen and oxygen atoms in total. The van der Waals surface area contributed by atoms with Gasteiger partial charge in [0.15, 0.2) is 5.17 Å². The number of carbonyl (C=O) groups excluding carboxylic acids is 2. The molecule has 1 N–H and O–H groups in total. The Kier molecular flexibility index (Phi) is 7.11. The molecule has 1 saturated heterocycles. The molecule has 0 aliphatic carbocycles. The highest BCUT2D eigenvalue weighted by Gasteiger charge is 2.39. The molecule has 1 unspecified atom stereocenters. The Morgan fingerprint density at radius 1 is 1.13 bits per heavy atom. The molecule has 0 spiro atoms. The van der Waals surface area contributed by atoms with E-state index in [1.807, 2.05) is 6.92 Å². The molecule has 2 amide bonds. The fourth-order valence-electron chi connectivity index (χ4n) is 2.97. The Hall–Kier alpha value is -2.72. The van der Waals surface area contributed by atoms with Crippen molar-refractivity contribution in [2.75, 3.05) is 11.9 Å². The molecule has 10 heteroatoms. The van der Waals surface area contributed by atoms with Crippen LogP contribution in [-0.4, -0.2) is 42.1 Å². The van der Waals surface area contributed by atoms with Gasteiger partial charge < -0.3 is 5.32 Å². The summed E-state index contributed by atoms with van der Waals surface area (Å²) in [5.41, 5.74) is 1.40. The highest BCUT2D eigenvalue weighted by molar-refractivity contribution is 8.16. The van der Waals surface area contributed by atoms with Crippen LogP contribution in [0.2, 0.25) is 0 Å². The number of hydrogen-bond donors (Lipinski definition) is 1. The fraction of sp³-hybridized carbons (Fsp3) is 0.286. The van der Waals surface area contributed by atoms with Gasteiger partial charge in [0.1, 0.15) is 11.1 Å². The second-order valence-electron chi connectivity index (χ2n) is 6.79. The van der Waals surface area contributed by atoms with Crippen molar-refractivity contribution in [1.29, 1.82) is 0 Å². The predicted molar refractivity (Wildman–Crippen MR) is 119 cm³/mol. The number of aryl methyl sites for hydroxylation is 1. The number of carbonyl (C=O) groups is 2. The molecule has 0 radical (unpaired) electrons. The zero-order valence-corrected chi connectivity index (χ0v) is 18.7. The summed E-state index contributed by atoms with van der Waals surface area (Å²) in [6.45, 7) is 3.90. The summed E-state index contributed by atoms with van der Waals surface area (Å²) in [5, 5.41) is 1.85. The van der Waals surface area contributed by atoms with Crippen LogP contribution in [0, 0.1) is 5.82 Å². The third-order valence-corrected chi connectivity index (χ3v) is 7.23. The van der Waals surface area contributed by atoms with Crippen LogP contribution in [0.25, 0.3) is 0 Å². The molecule has 1 fully saturated rings. The third-order valence-electron chi connectivity index (χ3n) is 4.66. The van der Waals surface area contributed by atoms with Gasteiger partial charge in [-0.15, -0.1) is 4.40 Å². The van der Waals surface area contributed by atoms with E-state index >= 15 is 0 Å². The number of benzene rings is 2. The van der Waals surface area contributed by atoms with Crippen molar-refractivity contribution >= 4 is 44.5 Å². The van der Waals surface area contributed by atoms with Gasteiger partial charge >= 0.3 is 0 Å². The van der Waals surface area contributed by atoms with Gasteiger partial charge in [0.25, 0.3) is 10.0 Å². The summed E-state index contributed by atoms with van der Waals surface area (Å²) in [6.07, 6.45) is 0.617. The van der Waals surface area contributed by atoms with Crippen LogP contribution < -0.4 is 5.32 Å². The number of hydrogen-bond acceptors (Lipinski definition) is 5. The standard InChI is InChI=1S/C21H22FN3O4S2/c1-3-14-5-11-17(12-6-14)31(28,29)24-21-25(4-2)20(27)18(30-21)13-19(26)23-16-9-7-15(22)8-10-16/h5-12,18H,3-4,13H2,1-2H3,(H,23,26). The quantitative estimate of drug-likeness (QED) is 0.679. The number of halogens is 1.